The van der Waals surface area contributed by atoms with E-state index in [9.17, 15) is 0 Å². The molecular formula is C8H17O2. The molecule has 0 bridgehead atoms. The molecule has 0 aliphatic heterocycles. The number of ether oxygens (including phenoxy) is 2. The molecule has 0 unspecified atom stereocenters. The van der Waals surface area contributed by atoms with Gasteiger partial charge in [0.15, 0.2) is 0 Å². The summed E-state index contributed by atoms with van der Waals surface area (Å²) < 4.78 is 10.4. The van der Waals surface area contributed by atoms with E-state index in [2.05, 4.69) is 6.92 Å². The molecule has 0 saturated heterocycles. The molecule has 0 aromatic rings. The molecule has 0 aromatic carbocycles. The second-order valence-electron chi connectivity index (χ2n) is 2.51. The highest BCUT2D eigenvalue weighted by Gasteiger charge is 2.04. The third-order valence-corrected chi connectivity index (χ3v) is 0.911. The maximum absolute atomic E-state index is 5.25. The fourth-order valence-corrected chi connectivity index (χ4v) is 0.612. The van der Waals surface area contributed by atoms with Crippen molar-refractivity contribution >= 4 is 0 Å². The zero-order valence-corrected chi connectivity index (χ0v) is 7.31. The smallest absolute Gasteiger partial charge is 0.220 e. The van der Waals surface area contributed by atoms with Gasteiger partial charge in [0.25, 0.3) is 0 Å². The van der Waals surface area contributed by atoms with E-state index in [0.717, 1.165) is 13.0 Å². The van der Waals surface area contributed by atoms with Gasteiger partial charge in [-0.1, -0.05) is 6.92 Å². The highest BCUT2D eigenvalue weighted by molar-refractivity contribution is 4.56. The van der Waals surface area contributed by atoms with E-state index >= 15 is 0 Å². The first-order chi connectivity index (χ1) is 4.66. The van der Waals surface area contributed by atoms with Crippen LogP contribution >= 0.6 is 0 Å². The molecule has 10 heavy (non-hydrogen) atoms. The van der Waals surface area contributed by atoms with Crippen LogP contribution in [-0.4, -0.2) is 12.7 Å². The van der Waals surface area contributed by atoms with E-state index in [-0.39, 0.29) is 6.10 Å². The average Bonchev–Trinajstić information content (AvgIpc) is 1.82. The summed E-state index contributed by atoms with van der Waals surface area (Å²) in [5.41, 5.74) is 0. The largest absolute Gasteiger partial charge is 0.346 e. The van der Waals surface area contributed by atoms with Crippen LogP contribution in [0, 0.1) is 6.29 Å². The van der Waals surface area contributed by atoms with Crippen molar-refractivity contribution in [3.8, 4) is 0 Å². The summed E-state index contributed by atoms with van der Waals surface area (Å²) in [5.74, 6) is 0. The predicted molar refractivity (Wildman–Crippen MR) is 41.4 cm³/mol. The Labute approximate surface area is 63.5 Å². The highest BCUT2D eigenvalue weighted by Crippen LogP contribution is 2.06. The Morgan fingerprint density at radius 3 is 2.40 bits per heavy atom. The first-order valence-electron chi connectivity index (χ1n) is 3.79. The summed E-state index contributed by atoms with van der Waals surface area (Å²) in [6.45, 7) is 8.63. The molecule has 0 aromatic heterocycles. The quantitative estimate of drug-likeness (QED) is 0.591. The lowest BCUT2D eigenvalue weighted by Crippen LogP contribution is -2.10. The van der Waals surface area contributed by atoms with E-state index in [1.807, 2.05) is 20.8 Å². The normalized spacial score (nSPS) is 11.4. The zero-order valence-electron chi connectivity index (χ0n) is 7.31. The van der Waals surface area contributed by atoms with Gasteiger partial charge >= 0.3 is 0 Å². The lowest BCUT2D eigenvalue weighted by atomic mass is 10.5. The van der Waals surface area contributed by atoms with Crippen LogP contribution in [0.2, 0.25) is 0 Å². The molecule has 61 valence electrons. The maximum Gasteiger partial charge on any atom is 0.220 e. The molecule has 0 N–H and O–H groups in total. The van der Waals surface area contributed by atoms with Gasteiger partial charge in [0.05, 0.1) is 6.10 Å². The van der Waals surface area contributed by atoms with Gasteiger partial charge in [0.1, 0.15) is 0 Å². The Morgan fingerprint density at radius 2 is 2.00 bits per heavy atom. The standard InChI is InChI=1S/C8H17O2/c1-5-6-9-8(4)10-7(2)3/h7H,5-6H2,1-4H3. The van der Waals surface area contributed by atoms with Crippen molar-refractivity contribution in [2.45, 2.75) is 40.2 Å². The summed E-state index contributed by atoms with van der Waals surface area (Å²) in [6.07, 6.45) is 1.92. The van der Waals surface area contributed by atoms with Gasteiger partial charge < -0.3 is 9.47 Å². The SMILES string of the molecule is CCCO[C](C)OC(C)C. The average molecular weight is 145 g/mol. The Balaban J connectivity index is 3.16. The fourth-order valence-electron chi connectivity index (χ4n) is 0.612. The minimum Gasteiger partial charge on any atom is -0.346 e. The molecule has 0 atom stereocenters. The van der Waals surface area contributed by atoms with E-state index in [1.165, 1.54) is 0 Å². The lowest BCUT2D eigenvalue weighted by molar-refractivity contribution is -0.0618. The van der Waals surface area contributed by atoms with Crippen molar-refractivity contribution in [3.63, 3.8) is 0 Å². The molecule has 0 fully saturated rings. The van der Waals surface area contributed by atoms with Crippen molar-refractivity contribution < 1.29 is 9.47 Å². The van der Waals surface area contributed by atoms with Crippen molar-refractivity contribution in [1.29, 1.82) is 0 Å². The van der Waals surface area contributed by atoms with Crippen LogP contribution in [0.5, 0.6) is 0 Å². The van der Waals surface area contributed by atoms with Crippen molar-refractivity contribution in [1.82, 2.24) is 0 Å². The lowest BCUT2D eigenvalue weighted by Gasteiger charge is -2.13. The summed E-state index contributed by atoms with van der Waals surface area (Å²) in [6, 6.07) is 0. The van der Waals surface area contributed by atoms with E-state index in [1.54, 1.807) is 0 Å². The molecular weight excluding hydrogens is 128 g/mol. The second-order valence-corrected chi connectivity index (χ2v) is 2.51. The van der Waals surface area contributed by atoms with Crippen LogP contribution < -0.4 is 0 Å². The minimum absolute atomic E-state index is 0.219. The number of rotatable bonds is 5. The van der Waals surface area contributed by atoms with Crippen LogP contribution in [-0.2, 0) is 9.47 Å². The molecule has 0 spiro atoms. The molecule has 2 heteroatoms. The van der Waals surface area contributed by atoms with E-state index in [0.29, 0.717) is 6.29 Å². The summed E-state index contributed by atoms with van der Waals surface area (Å²) in [7, 11) is 0. The van der Waals surface area contributed by atoms with Gasteiger partial charge in [0, 0.05) is 6.61 Å². The topological polar surface area (TPSA) is 18.5 Å². The Morgan fingerprint density at radius 1 is 1.40 bits per heavy atom. The first-order valence-corrected chi connectivity index (χ1v) is 3.79. The number of hydrogen-bond acceptors (Lipinski definition) is 2. The third-order valence-electron chi connectivity index (χ3n) is 0.911. The fraction of sp³-hybridized carbons (Fsp3) is 0.875. The van der Waals surface area contributed by atoms with E-state index < -0.39 is 0 Å². The molecule has 0 amide bonds. The molecule has 0 aliphatic rings. The molecule has 1 radical (unpaired) electrons. The number of hydrogen-bond donors (Lipinski definition) is 0. The summed E-state index contributed by atoms with van der Waals surface area (Å²) in [5, 5.41) is 0. The molecule has 0 heterocycles. The first kappa shape index (κ1) is 9.92. The Hall–Kier alpha value is -0.0800. The van der Waals surface area contributed by atoms with Crippen molar-refractivity contribution in [3.05, 3.63) is 6.29 Å². The van der Waals surface area contributed by atoms with Gasteiger partial charge in [-0.05, 0) is 27.2 Å². The Kier molecular flexibility index (Phi) is 5.64. The van der Waals surface area contributed by atoms with Crippen molar-refractivity contribution in [2.24, 2.45) is 0 Å². The third kappa shape index (κ3) is 6.05. The Bertz CT molecular complexity index is 71.7. The molecule has 0 aliphatic carbocycles. The highest BCUT2D eigenvalue weighted by atomic mass is 16.7. The van der Waals surface area contributed by atoms with Gasteiger partial charge in [-0.15, -0.1) is 0 Å². The maximum atomic E-state index is 5.25. The van der Waals surface area contributed by atoms with Gasteiger partial charge in [-0.25, -0.2) is 0 Å². The van der Waals surface area contributed by atoms with Gasteiger partial charge in [-0.2, -0.15) is 0 Å². The minimum atomic E-state index is 0.219. The molecule has 0 rings (SSSR count). The van der Waals surface area contributed by atoms with Crippen LogP contribution in [0.4, 0.5) is 0 Å². The van der Waals surface area contributed by atoms with Crippen LogP contribution in [0.15, 0.2) is 0 Å². The summed E-state index contributed by atoms with van der Waals surface area (Å²) in [4.78, 5) is 0. The second kappa shape index (κ2) is 5.69. The van der Waals surface area contributed by atoms with Gasteiger partial charge in [-0.3, -0.25) is 0 Å². The van der Waals surface area contributed by atoms with Crippen LogP contribution in [0.25, 0.3) is 0 Å². The van der Waals surface area contributed by atoms with E-state index in [4.69, 9.17) is 9.47 Å². The van der Waals surface area contributed by atoms with Gasteiger partial charge in [0.2, 0.25) is 6.29 Å². The zero-order chi connectivity index (χ0) is 7.98. The molecule has 0 saturated carbocycles. The van der Waals surface area contributed by atoms with Crippen LogP contribution in [0.3, 0.4) is 0 Å². The van der Waals surface area contributed by atoms with Crippen LogP contribution in [0.1, 0.15) is 34.1 Å². The monoisotopic (exact) mass is 145 g/mol. The van der Waals surface area contributed by atoms with Crippen molar-refractivity contribution in [2.75, 3.05) is 6.61 Å². The predicted octanol–water partition coefficient (Wildman–Crippen LogP) is 2.35. The summed E-state index contributed by atoms with van der Waals surface area (Å²) >= 11 is 0. The molecule has 2 nitrogen and oxygen atoms in total.